The zero-order chi connectivity index (χ0) is 14.6. The van der Waals surface area contributed by atoms with E-state index in [2.05, 4.69) is 15.6 Å². The smallest absolute Gasteiger partial charge is 0.191 e. The van der Waals surface area contributed by atoms with Crippen LogP contribution in [0.4, 0.5) is 0 Å². The molecule has 0 spiro atoms. The van der Waals surface area contributed by atoms with Crippen molar-refractivity contribution < 1.29 is 9.47 Å². The van der Waals surface area contributed by atoms with Gasteiger partial charge in [0, 0.05) is 19.7 Å². The van der Waals surface area contributed by atoms with E-state index >= 15 is 0 Å². The van der Waals surface area contributed by atoms with E-state index in [0.29, 0.717) is 13.2 Å². The summed E-state index contributed by atoms with van der Waals surface area (Å²) in [5, 5.41) is 6.45. The maximum atomic E-state index is 5.29. The highest BCUT2D eigenvalue weighted by Gasteiger charge is 1.98. The summed E-state index contributed by atoms with van der Waals surface area (Å²) >= 11 is 0. The van der Waals surface area contributed by atoms with Gasteiger partial charge < -0.3 is 20.1 Å². The molecule has 0 aliphatic rings. The second-order valence-electron chi connectivity index (χ2n) is 4.17. The van der Waals surface area contributed by atoms with Crippen LogP contribution in [0.25, 0.3) is 0 Å². The number of guanidine groups is 1. The lowest BCUT2D eigenvalue weighted by Crippen LogP contribution is -2.39. The van der Waals surface area contributed by atoms with Crippen LogP contribution in [-0.2, 0) is 11.3 Å². The lowest BCUT2D eigenvalue weighted by Gasteiger charge is -2.11. The van der Waals surface area contributed by atoms with Crippen molar-refractivity contribution in [1.82, 2.24) is 10.6 Å². The SMILES string of the molecule is CCNC(=NCc1cccc(OC)c1)NCCOCC. The van der Waals surface area contributed by atoms with Crippen molar-refractivity contribution in [3.63, 3.8) is 0 Å². The van der Waals surface area contributed by atoms with E-state index in [-0.39, 0.29) is 0 Å². The maximum Gasteiger partial charge on any atom is 0.191 e. The predicted octanol–water partition coefficient (Wildman–Crippen LogP) is 1.79. The zero-order valence-corrected chi connectivity index (χ0v) is 12.6. The molecular formula is C15H25N3O2. The number of ether oxygens (including phenoxy) is 2. The van der Waals surface area contributed by atoms with E-state index in [9.17, 15) is 0 Å². The predicted molar refractivity (Wildman–Crippen MR) is 82.3 cm³/mol. The van der Waals surface area contributed by atoms with Gasteiger partial charge in [-0.1, -0.05) is 12.1 Å². The summed E-state index contributed by atoms with van der Waals surface area (Å²) in [6.45, 7) is 7.64. The van der Waals surface area contributed by atoms with Crippen LogP contribution in [0.1, 0.15) is 19.4 Å². The van der Waals surface area contributed by atoms with E-state index in [0.717, 1.165) is 37.0 Å². The lowest BCUT2D eigenvalue weighted by atomic mass is 10.2. The Morgan fingerprint density at radius 3 is 2.80 bits per heavy atom. The fourth-order valence-corrected chi connectivity index (χ4v) is 1.67. The molecule has 0 heterocycles. The Labute approximate surface area is 121 Å². The Hall–Kier alpha value is -1.75. The first-order chi connectivity index (χ1) is 9.80. The number of hydrogen-bond donors (Lipinski definition) is 2. The molecule has 0 bridgehead atoms. The van der Waals surface area contributed by atoms with Gasteiger partial charge in [0.2, 0.25) is 0 Å². The topological polar surface area (TPSA) is 54.9 Å². The van der Waals surface area contributed by atoms with Gasteiger partial charge in [0.15, 0.2) is 5.96 Å². The van der Waals surface area contributed by atoms with Gasteiger partial charge in [-0.15, -0.1) is 0 Å². The van der Waals surface area contributed by atoms with Crippen LogP contribution in [-0.4, -0.2) is 39.4 Å². The van der Waals surface area contributed by atoms with Gasteiger partial charge >= 0.3 is 0 Å². The molecule has 0 radical (unpaired) electrons. The van der Waals surface area contributed by atoms with Gasteiger partial charge in [-0.2, -0.15) is 0 Å². The molecule has 0 atom stereocenters. The molecule has 0 fully saturated rings. The summed E-state index contributed by atoms with van der Waals surface area (Å²) in [5.41, 5.74) is 1.12. The van der Waals surface area contributed by atoms with Crippen molar-refractivity contribution in [1.29, 1.82) is 0 Å². The summed E-state index contributed by atoms with van der Waals surface area (Å²) in [5.74, 6) is 1.65. The van der Waals surface area contributed by atoms with Crippen LogP contribution in [0, 0.1) is 0 Å². The Morgan fingerprint density at radius 1 is 1.25 bits per heavy atom. The summed E-state index contributed by atoms with van der Waals surface area (Å²) in [4.78, 5) is 4.54. The minimum absolute atomic E-state index is 0.612. The molecule has 2 N–H and O–H groups in total. The second kappa shape index (κ2) is 10.1. The molecule has 1 aromatic rings. The molecule has 5 heteroatoms. The highest BCUT2D eigenvalue weighted by atomic mass is 16.5. The molecule has 20 heavy (non-hydrogen) atoms. The van der Waals surface area contributed by atoms with Gasteiger partial charge in [0.25, 0.3) is 0 Å². The van der Waals surface area contributed by atoms with E-state index in [1.54, 1.807) is 7.11 Å². The average Bonchev–Trinajstić information content (AvgIpc) is 2.49. The normalized spacial score (nSPS) is 11.2. The number of rotatable bonds is 8. The van der Waals surface area contributed by atoms with Crippen molar-refractivity contribution in [2.75, 3.05) is 33.4 Å². The lowest BCUT2D eigenvalue weighted by molar-refractivity contribution is 0.152. The summed E-state index contributed by atoms with van der Waals surface area (Å²) in [6.07, 6.45) is 0. The molecule has 0 amide bonds. The van der Waals surface area contributed by atoms with Crippen LogP contribution in [0.15, 0.2) is 29.3 Å². The third-order valence-electron chi connectivity index (χ3n) is 2.64. The monoisotopic (exact) mass is 279 g/mol. The van der Waals surface area contributed by atoms with Gasteiger partial charge in [-0.05, 0) is 31.5 Å². The molecule has 5 nitrogen and oxygen atoms in total. The van der Waals surface area contributed by atoms with Crippen LogP contribution >= 0.6 is 0 Å². The van der Waals surface area contributed by atoms with Gasteiger partial charge in [0.1, 0.15) is 5.75 Å². The van der Waals surface area contributed by atoms with Crippen LogP contribution < -0.4 is 15.4 Å². The fraction of sp³-hybridized carbons (Fsp3) is 0.533. The standard InChI is InChI=1S/C15H25N3O2/c1-4-16-15(17-9-10-20-5-2)18-12-13-7-6-8-14(11-13)19-3/h6-8,11H,4-5,9-10,12H2,1-3H3,(H2,16,17,18). The Kier molecular flexibility index (Phi) is 8.22. The maximum absolute atomic E-state index is 5.29. The molecule has 1 aromatic carbocycles. The number of nitrogens with one attached hydrogen (secondary N) is 2. The van der Waals surface area contributed by atoms with Crippen molar-refractivity contribution in [2.45, 2.75) is 20.4 Å². The zero-order valence-electron chi connectivity index (χ0n) is 12.6. The van der Waals surface area contributed by atoms with Crippen molar-refractivity contribution in [2.24, 2.45) is 4.99 Å². The molecule has 0 aromatic heterocycles. The van der Waals surface area contributed by atoms with Crippen LogP contribution in [0.2, 0.25) is 0 Å². The molecule has 112 valence electrons. The molecule has 1 rings (SSSR count). The third-order valence-corrected chi connectivity index (χ3v) is 2.64. The molecule has 0 saturated carbocycles. The summed E-state index contributed by atoms with van der Waals surface area (Å²) in [7, 11) is 1.67. The molecule has 0 aliphatic heterocycles. The number of hydrogen-bond acceptors (Lipinski definition) is 3. The van der Waals surface area contributed by atoms with E-state index in [1.165, 1.54) is 0 Å². The first-order valence-corrected chi connectivity index (χ1v) is 7.03. The highest BCUT2D eigenvalue weighted by Crippen LogP contribution is 2.12. The Balaban J connectivity index is 2.52. The highest BCUT2D eigenvalue weighted by molar-refractivity contribution is 5.79. The van der Waals surface area contributed by atoms with Crippen LogP contribution in [0.3, 0.4) is 0 Å². The second-order valence-corrected chi connectivity index (χ2v) is 4.17. The van der Waals surface area contributed by atoms with Gasteiger partial charge in [-0.3, -0.25) is 0 Å². The van der Waals surface area contributed by atoms with Crippen molar-refractivity contribution >= 4 is 5.96 Å². The van der Waals surface area contributed by atoms with E-state index < -0.39 is 0 Å². The average molecular weight is 279 g/mol. The number of aliphatic imine (C=N–C) groups is 1. The van der Waals surface area contributed by atoms with Gasteiger partial charge in [0.05, 0.1) is 20.3 Å². The van der Waals surface area contributed by atoms with Gasteiger partial charge in [-0.25, -0.2) is 4.99 Å². The first kappa shape index (κ1) is 16.3. The molecule has 0 aliphatic carbocycles. The molecular weight excluding hydrogens is 254 g/mol. The molecule has 0 unspecified atom stereocenters. The Bertz CT molecular complexity index is 408. The quantitative estimate of drug-likeness (QED) is 0.433. The Morgan fingerprint density at radius 2 is 2.10 bits per heavy atom. The molecule has 0 saturated heterocycles. The number of benzene rings is 1. The largest absolute Gasteiger partial charge is 0.497 e. The number of nitrogens with zero attached hydrogens (tertiary/aromatic N) is 1. The van der Waals surface area contributed by atoms with Crippen molar-refractivity contribution in [3.8, 4) is 5.75 Å². The fourth-order valence-electron chi connectivity index (χ4n) is 1.67. The minimum Gasteiger partial charge on any atom is -0.497 e. The summed E-state index contributed by atoms with van der Waals surface area (Å²) in [6, 6.07) is 7.93. The summed E-state index contributed by atoms with van der Waals surface area (Å²) < 4.78 is 10.5. The van der Waals surface area contributed by atoms with E-state index in [4.69, 9.17) is 9.47 Å². The number of methoxy groups -OCH3 is 1. The van der Waals surface area contributed by atoms with E-state index in [1.807, 2.05) is 38.1 Å². The third kappa shape index (κ3) is 6.43. The minimum atomic E-state index is 0.612. The van der Waals surface area contributed by atoms with Crippen molar-refractivity contribution in [3.05, 3.63) is 29.8 Å². The van der Waals surface area contributed by atoms with Crippen LogP contribution in [0.5, 0.6) is 5.75 Å². The first-order valence-electron chi connectivity index (χ1n) is 7.03.